The van der Waals surface area contributed by atoms with Crippen LogP contribution in [0.2, 0.25) is 0 Å². The molecular weight excluding hydrogens is 397 g/mol. The van der Waals surface area contributed by atoms with Crippen LogP contribution >= 0.6 is 0 Å². The Bertz CT molecular complexity index is 1300. The summed E-state index contributed by atoms with van der Waals surface area (Å²) in [5.74, 6) is 5.23. The lowest BCUT2D eigenvalue weighted by Crippen LogP contribution is -2.45. The Labute approximate surface area is 178 Å². The van der Waals surface area contributed by atoms with E-state index in [0.29, 0.717) is 41.1 Å². The number of nitrogen functional groups attached to an aromatic ring is 1. The maximum absolute atomic E-state index is 15.4. The van der Waals surface area contributed by atoms with E-state index in [9.17, 15) is 9.59 Å². The van der Waals surface area contributed by atoms with E-state index in [4.69, 9.17) is 11.6 Å². The molecule has 1 saturated carbocycles. The third kappa shape index (κ3) is 2.89. The van der Waals surface area contributed by atoms with Crippen molar-refractivity contribution in [1.29, 1.82) is 0 Å². The molecular formula is C23H26FN5O2. The largest absolute Gasteiger partial charge is 0.368 e. The molecule has 2 fully saturated rings. The number of nitrogens with two attached hydrogens (primary N) is 2. The number of anilines is 1. The van der Waals surface area contributed by atoms with E-state index in [1.165, 1.54) is 6.07 Å². The molecule has 1 atom stereocenters. The molecule has 8 heteroatoms. The first-order valence-electron chi connectivity index (χ1n) is 10.6. The van der Waals surface area contributed by atoms with Crippen molar-refractivity contribution >= 4 is 16.6 Å². The molecule has 2 heterocycles. The minimum atomic E-state index is -0.674. The Balaban J connectivity index is 1.68. The molecule has 2 aliphatic rings. The van der Waals surface area contributed by atoms with Gasteiger partial charge >= 0.3 is 5.69 Å². The highest BCUT2D eigenvalue weighted by atomic mass is 19.1. The summed E-state index contributed by atoms with van der Waals surface area (Å²) in [5.41, 5.74) is 7.37. The SMILES string of the molecule is Cc1c(N2CCC(CN)(c3ccccc3)C2)c(F)cc2c(=O)n(N)c(=O)n(C3CC3)c12. The summed E-state index contributed by atoms with van der Waals surface area (Å²) < 4.78 is 17.6. The Hall–Kier alpha value is -3.13. The molecule has 1 aliphatic carbocycles. The van der Waals surface area contributed by atoms with Gasteiger partial charge in [-0.25, -0.2) is 9.18 Å². The molecule has 31 heavy (non-hydrogen) atoms. The summed E-state index contributed by atoms with van der Waals surface area (Å²) >= 11 is 0. The van der Waals surface area contributed by atoms with E-state index >= 15 is 4.39 Å². The fourth-order valence-corrected chi connectivity index (χ4v) is 5.09. The third-order valence-corrected chi connectivity index (χ3v) is 6.92. The highest BCUT2D eigenvalue weighted by Crippen LogP contribution is 2.41. The molecule has 1 saturated heterocycles. The van der Waals surface area contributed by atoms with Crippen LogP contribution in [0.1, 0.15) is 36.4 Å². The number of benzene rings is 2. The standard InChI is InChI=1S/C23H26FN5O2/c1-14-19-17(21(30)29(26)22(31)28(19)16-7-8-16)11-18(24)20(14)27-10-9-23(12-25,13-27)15-5-3-2-4-6-15/h2-6,11,16H,7-10,12-13,25-26H2,1H3. The molecule has 2 aromatic carbocycles. The lowest BCUT2D eigenvalue weighted by molar-refractivity contribution is 0.488. The van der Waals surface area contributed by atoms with Gasteiger partial charge in [-0.3, -0.25) is 9.36 Å². The molecule has 5 rings (SSSR count). The minimum Gasteiger partial charge on any atom is -0.368 e. The summed E-state index contributed by atoms with van der Waals surface area (Å²) in [6.07, 6.45) is 2.48. The molecule has 3 aromatic rings. The number of hydrogen-bond donors (Lipinski definition) is 2. The van der Waals surface area contributed by atoms with Gasteiger partial charge in [-0.05, 0) is 37.8 Å². The van der Waals surface area contributed by atoms with Crippen molar-refractivity contribution in [3.05, 3.63) is 74.2 Å². The van der Waals surface area contributed by atoms with Crippen LogP contribution in [0.3, 0.4) is 0 Å². The van der Waals surface area contributed by atoms with E-state index in [1.807, 2.05) is 23.1 Å². The average Bonchev–Trinajstić information content (AvgIpc) is 3.52. The van der Waals surface area contributed by atoms with E-state index < -0.39 is 17.1 Å². The van der Waals surface area contributed by atoms with Gasteiger partial charge in [-0.15, -0.1) is 0 Å². The van der Waals surface area contributed by atoms with Crippen molar-refractivity contribution < 1.29 is 4.39 Å². The molecule has 4 N–H and O–H groups in total. The van der Waals surface area contributed by atoms with Crippen LogP contribution in [0.25, 0.3) is 10.9 Å². The Kier molecular flexibility index (Phi) is 4.44. The molecule has 1 aliphatic heterocycles. The molecule has 7 nitrogen and oxygen atoms in total. The van der Waals surface area contributed by atoms with E-state index in [2.05, 4.69) is 12.1 Å². The average molecular weight is 423 g/mol. The fraction of sp³-hybridized carbons (Fsp3) is 0.391. The number of hydrogen-bond acceptors (Lipinski definition) is 5. The number of aryl methyl sites for hydroxylation is 1. The first-order chi connectivity index (χ1) is 14.9. The summed E-state index contributed by atoms with van der Waals surface area (Å²) in [6, 6.07) is 11.3. The fourth-order valence-electron chi connectivity index (χ4n) is 5.09. The highest BCUT2D eigenvalue weighted by molar-refractivity contribution is 5.87. The molecule has 0 bridgehead atoms. The van der Waals surface area contributed by atoms with Crippen molar-refractivity contribution in [2.24, 2.45) is 5.73 Å². The van der Waals surface area contributed by atoms with Crippen LogP contribution in [0.15, 0.2) is 46.0 Å². The van der Waals surface area contributed by atoms with Gasteiger partial charge in [0.2, 0.25) is 0 Å². The maximum atomic E-state index is 15.4. The normalized spacial score (nSPS) is 21.2. The smallest absolute Gasteiger partial charge is 0.350 e. The van der Waals surface area contributed by atoms with Crippen molar-refractivity contribution in [1.82, 2.24) is 9.24 Å². The monoisotopic (exact) mass is 423 g/mol. The number of rotatable bonds is 4. The van der Waals surface area contributed by atoms with E-state index in [-0.39, 0.29) is 16.8 Å². The Morgan fingerprint density at radius 3 is 2.55 bits per heavy atom. The molecule has 162 valence electrons. The first kappa shape index (κ1) is 19.8. The van der Waals surface area contributed by atoms with E-state index in [0.717, 1.165) is 24.8 Å². The number of aromatic nitrogens is 2. The molecule has 1 unspecified atom stereocenters. The molecule has 0 spiro atoms. The van der Waals surface area contributed by atoms with Gasteiger partial charge in [-0.1, -0.05) is 30.3 Å². The second-order valence-electron chi connectivity index (χ2n) is 8.81. The van der Waals surface area contributed by atoms with Crippen molar-refractivity contribution in [3.8, 4) is 0 Å². The molecule has 0 radical (unpaired) electrons. The Morgan fingerprint density at radius 1 is 1.19 bits per heavy atom. The predicted molar refractivity (Wildman–Crippen MR) is 120 cm³/mol. The van der Waals surface area contributed by atoms with Gasteiger partial charge in [0, 0.05) is 36.7 Å². The summed E-state index contributed by atoms with van der Waals surface area (Å²) in [7, 11) is 0. The lowest BCUT2D eigenvalue weighted by atomic mass is 9.80. The highest BCUT2D eigenvalue weighted by Gasteiger charge is 2.40. The molecule has 1 aromatic heterocycles. The van der Waals surface area contributed by atoms with Gasteiger partial charge in [0.05, 0.1) is 16.6 Å². The van der Waals surface area contributed by atoms with Crippen LogP contribution < -0.4 is 27.7 Å². The van der Waals surface area contributed by atoms with Crippen LogP contribution in [-0.4, -0.2) is 28.9 Å². The predicted octanol–water partition coefficient (Wildman–Crippen LogP) is 1.77. The van der Waals surface area contributed by atoms with Gasteiger partial charge in [0.1, 0.15) is 5.82 Å². The third-order valence-electron chi connectivity index (χ3n) is 6.92. The van der Waals surface area contributed by atoms with Crippen molar-refractivity contribution in [2.75, 3.05) is 30.4 Å². The summed E-state index contributed by atoms with van der Waals surface area (Å²) in [4.78, 5) is 27.4. The minimum absolute atomic E-state index is 0.00607. The second kappa shape index (κ2) is 6.95. The van der Waals surface area contributed by atoms with Crippen LogP contribution in [0.4, 0.5) is 10.1 Å². The topological polar surface area (TPSA) is 99.3 Å². The first-order valence-corrected chi connectivity index (χ1v) is 10.6. The zero-order valence-electron chi connectivity index (χ0n) is 17.5. The van der Waals surface area contributed by atoms with Gasteiger partial charge in [-0.2, -0.15) is 4.68 Å². The van der Waals surface area contributed by atoms with Gasteiger partial charge < -0.3 is 16.5 Å². The van der Waals surface area contributed by atoms with Crippen molar-refractivity contribution in [3.63, 3.8) is 0 Å². The lowest BCUT2D eigenvalue weighted by Gasteiger charge is -2.30. The van der Waals surface area contributed by atoms with Gasteiger partial charge in [0.15, 0.2) is 0 Å². The summed E-state index contributed by atoms with van der Waals surface area (Å²) in [6.45, 7) is 3.44. The van der Waals surface area contributed by atoms with Crippen LogP contribution in [-0.2, 0) is 5.41 Å². The van der Waals surface area contributed by atoms with Crippen LogP contribution in [0.5, 0.6) is 0 Å². The maximum Gasteiger partial charge on any atom is 0.350 e. The number of halogens is 1. The van der Waals surface area contributed by atoms with Crippen molar-refractivity contribution in [2.45, 2.75) is 37.6 Å². The van der Waals surface area contributed by atoms with Crippen LogP contribution in [0, 0.1) is 12.7 Å². The zero-order valence-corrected chi connectivity index (χ0v) is 17.5. The second-order valence-corrected chi connectivity index (χ2v) is 8.81. The number of nitrogens with zero attached hydrogens (tertiary/aromatic N) is 3. The van der Waals surface area contributed by atoms with Gasteiger partial charge in [0.25, 0.3) is 5.56 Å². The Morgan fingerprint density at radius 2 is 1.90 bits per heavy atom. The zero-order chi connectivity index (χ0) is 21.9. The summed E-state index contributed by atoms with van der Waals surface area (Å²) in [5, 5.41) is 0.139. The van der Waals surface area contributed by atoms with E-state index in [1.54, 1.807) is 11.5 Å². The molecule has 0 amide bonds. The number of fused-ring (bicyclic) bond motifs is 1. The quantitative estimate of drug-likeness (QED) is 0.623.